The molecule has 0 amide bonds. The number of sulfonamides is 1. The number of benzene rings is 2. The van der Waals surface area contributed by atoms with Gasteiger partial charge in [0.2, 0.25) is 10.0 Å². The molecule has 0 bridgehead atoms. The highest BCUT2D eigenvalue weighted by molar-refractivity contribution is 7.89. The highest BCUT2D eigenvalue weighted by Crippen LogP contribution is 2.23. The van der Waals surface area contributed by atoms with Gasteiger partial charge in [0.05, 0.1) is 7.11 Å². The van der Waals surface area contributed by atoms with E-state index in [1.54, 1.807) is 24.3 Å². The van der Waals surface area contributed by atoms with E-state index in [1.807, 2.05) is 49.3 Å². The summed E-state index contributed by atoms with van der Waals surface area (Å²) in [5.41, 5.74) is 1.09. The molecule has 24 heavy (non-hydrogen) atoms. The molecule has 1 atom stereocenters. The summed E-state index contributed by atoms with van der Waals surface area (Å²) in [6.07, 6.45) is 0.618. The largest absolute Gasteiger partial charge is 0.495 e. The van der Waals surface area contributed by atoms with Crippen LogP contribution in [0.15, 0.2) is 59.5 Å². The predicted octanol–water partition coefficient (Wildman–Crippen LogP) is 2.15. The van der Waals surface area contributed by atoms with Crippen LogP contribution in [0.3, 0.4) is 0 Å². The first-order valence-electron chi connectivity index (χ1n) is 7.76. The van der Waals surface area contributed by atoms with Gasteiger partial charge in [-0.25, -0.2) is 13.1 Å². The van der Waals surface area contributed by atoms with Gasteiger partial charge < -0.3 is 9.64 Å². The molecule has 0 aromatic heterocycles. The van der Waals surface area contributed by atoms with Crippen molar-refractivity contribution in [3.8, 4) is 5.75 Å². The third-order valence-electron chi connectivity index (χ3n) is 3.59. The van der Waals surface area contributed by atoms with Crippen LogP contribution in [0, 0.1) is 0 Å². The molecule has 6 heteroatoms. The quantitative estimate of drug-likeness (QED) is 0.794. The summed E-state index contributed by atoms with van der Waals surface area (Å²) >= 11 is 0. The lowest BCUT2D eigenvalue weighted by Crippen LogP contribution is -2.43. The maximum atomic E-state index is 12.8. The van der Waals surface area contributed by atoms with Crippen LogP contribution in [0.2, 0.25) is 0 Å². The molecular weight excluding hydrogens is 324 g/mol. The van der Waals surface area contributed by atoms with Gasteiger partial charge in [-0.3, -0.25) is 0 Å². The summed E-state index contributed by atoms with van der Waals surface area (Å²) in [6, 6.07) is 16.3. The fraction of sp³-hybridized carbons (Fsp3) is 0.333. The van der Waals surface area contributed by atoms with E-state index in [2.05, 4.69) is 4.72 Å². The number of nitrogens with one attached hydrogen (secondary N) is 1. The van der Waals surface area contributed by atoms with Crippen LogP contribution in [0.25, 0.3) is 0 Å². The molecule has 1 N–H and O–H groups in total. The molecule has 0 radical (unpaired) electrons. The van der Waals surface area contributed by atoms with E-state index < -0.39 is 10.0 Å². The molecule has 2 aromatic rings. The second-order valence-electron chi connectivity index (χ2n) is 5.92. The number of rotatable bonds is 8. The predicted molar refractivity (Wildman–Crippen MR) is 95.8 cm³/mol. The Morgan fingerprint density at radius 3 is 2.29 bits per heavy atom. The normalized spacial score (nSPS) is 13.0. The average Bonchev–Trinajstić information content (AvgIpc) is 2.54. The van der Waals surface area contributed by atoms with Crippen molar-refractivity contribution in [1.29, 1.82) is 0 Å². The van der Waals surface area contributed by atoms with Gasteiger partial charge in [0.25, 0.3) is 0 Å². The van der Waals surface area contributed by atoms with E-state index in [4.69, 9.17) is 4.74 Å². The van der Waals surface area contributed by atoms with Crippen LogP contribution in [0.4, 0.5) is 0 Å². The van der Waals surface area contributed by atoms with Crippen LogP contribution in [-0.4, -0.2) is 47.1 Å². The van der Waals surface area contributed by atoms with Crippen LogP contribution in [0.1, 0.15) is 5.56 Å². The van der Waals surface area contributed by atoms with Crippen molar-refractivity contribution in [1.82, 2.24) is 9.62 Å². The Kier molecular flexibility index (Phi) is 6.36. The maximum absolute atomic E-state index is 12.8. The zero-order chi connectivity index (χ0) is 17.6. The number of methoxy groups -OCH3 is 1. The van der Waals surface area contributed by atoms with Crippen molar-refractivity contribution in [3.63, 3.8) is 0 Å². The Bertz CT molecular complexity index is 746. The highest BCUT2D eigenvalue weighted by Gasteiger charge is 2.23. The minimum absolute atomic E-state index is 0.157. The molecule has 0 fully saturated rings. The number of para-hydroxylation sites is 1. The third kappa shape index (κ3) is 5.06. The number of nitrogens with zero attached hydrogens (tertiary/aromatic N) is 1. The number of ether oxygens (including phenoxy) is 1. The van der Waals surface area contributed by atoms with Crippen molar-refractivity contribution < 1.29 is 13.2 Å². The minimum atomic E-state index is -3.67. The molecule has 0 heterocycles. The Hall–Kier alpha value is -1.89. The Morgan fingerprint density at radius 2 is 1.67 bits per heavy atom. The van der Waals surface area contributed by atoms with Crippen LogP contribution < -0.4 is 9.46 Å². The van der Waals surface area contributed by atoms with Crippen molar-refractivity contribution in [2.45, 2.75) is 17.4 Å². The van der Waals surface area contributed by atoms with Crippen molar-refractivity contribution in [3.05, 3.63) is 60.2 Å². The smallest absolute Gasteiger partial charge is 0.244 e. The van der Waals surface area contributed by atoms with Gasteiger partial charge >= 0.3 is 0 Å². The molecule has 0 aliphatic heterocycles. The van der Waals surface area contributed by atoms with Gasteiger partial charge in [-0.2, -0.15) is 0 Å². The summed E-state index contributed by atoms with van der Waals surface area (Å²) < 4.78 is 33.6. The van der Waals surface area contributed by atoms with Crippen molar-refractivity contribution >= 4 is 10.0 Å². The zero-order valence-corrected chi connectivity index (χ0v) is 15.1. The summed E-state index contributed by atoms with van der Waals surface area (Å²) in [7, 11) is 1.65. The Labute approximate surface area is 144 Å². The van der Waals surface area contributed by atoms with Gasteiger partial charge in [0, 0.05) is 12.6 Å². The molecule has 130 valence electrons. The van der Waals surface area contributed by atoms with E-state index in [1.165, 1.54) is 7.11 Å². The van der Waals surface area contributed by atoms with Gasteiger partial charge in [-0.05, 0) is 38.2 Å². The molecular formula is C18H24N2O3S. The molecule has 0 aliphatic carbocycles. The van der Waals surface area contributed by atoms with Gasteiger partial charge in [0.1, 0.15) is 10.6 Å². The van der Waals surface area contributed by atoms with Gasteiger partial charge in [-0.15, -0.1) is 0 Å². The van der Waals surface area contributed by atoms with E-state index in [0.29, 0.717) is 18.7 Å². The molecule has 0 aliphatic rings. The first-order valence-corrected chi connectivity index (χ1v) is 9.24. The molecule has 2 aromatic carbocycles. The zero-order valence-electron chi connectivity index (χ0n) is 14.3. The fourth-order valence-corrected chi connectivity index (χ4v) is 4.00. The highest BCUT2D eigenvalue weighted by atomic mass is 32.2. The molecule has 1 unspecified atom stereocenters. The van der Waals surface area contributed by atoms with Crippen LogP contribution in [0.5, 0.6) is 5.75 Å². The average molecular weight is 348 g/mol. The summed E-state index contributed by atoms with van der Waals surface area (Å²) in [4.78, 5) is 2.13. The molecule has 0 spiro atoms. The summed E-state index contributed by atoms with van der Waals surface area (Å²) in [6.45, 7) is 0.600. The SMILES string of the molecule is COc1ccccc1S(=O)(=O)NC(Cc1ccccc1)CN(C)C. The van der Waals surface area contributed by atoms with E-state index in [-0.39, 0.29) is 10.9 Å². The second-order valence-corrected chi connectivity index (χ2v) is 7.60. The van der Waals surface area contributed by atoms with Gasteiger partial charge in [0.15, 0.2) is 0 Å². The standard InChI is InChI=1S/C18H24N2O3S/c1-20(2)14-16(13-15-9-5-4-6-10-15)19-24(21,22)18-12-8-7-11-17(18)23-3/h4-12,16,19H,13-14H2,1-3H3. The second kappa shape index (κ2) is 8.28. The van der Waals surface area contributed by atoms with Crippen molar-refractivity contribution in [2.24, 2.45) is 0 Å². The molecule has 0 saturated carbocycles. The summed E-state index contributed by atoms with van der Waals surface area (Å²) in [5.74, 6) is 0.341. The number of hydrogen-bond donors (Lipinski definition) is 1. The fourth-order valence-electron chi connectivity index (χ4n) is 2.61. The van der Waals surface area contributed by atoms with E-state index >= 15 is 0 Å². The molecule has 5 nitrogen and oxygen atoms in total. The van der Waals surface area contributed by atoms with Crippen LogP contribution in [-0.2, 0) is 16.4 Å². The first-order chi connectivity index (χ1) is 11.4. The third-order valence-corrected chi connectivity index (χ3v) is 5.15. The lowest BCUT2D eigenvalue weighted by atomic mass is 10.1. The summed E-state index contributed by atoms with van der Waals surface area (Å²) in [5, 5.41) is 0. The lowest BCUT2D eigenvalue weighted by molar-refractivity contribution is 0.356. The maximum Gasteiger partial charge on any atom is 0.244 e. The van der Waals surface area contributed by atoms with E-state index in [9.17, 15) is 8.42 Å². The Balaban J connectivity index is 2.24. The topological polar surface area (TPSA) is 58.6 Å². The first kappa shape index (κ1) is 18.4. The van der Waals surface area contributed by atoms with Gasteiger partial charge in [-0.1, -0.05) is 42.5 Å². The number of likely N-dealkylation sites (N-methyl/N-ethyl adjacent to an activating group) is 1. The van der Waals surface area contributed by atoms with Crippen LogP contribution >= 0.6 is 0 Å². The Morgan fingerprint density at radius 1 is 1.04 bits per heavy atom. The molecule has 2 rings (SSSR count). The monoisotopic (exact) mass is 348 g/mol. The lowest BCUT2D eigenvalue weighted by Gasteiger charge is -2.23. The minimum Gasteiger partial charge on any atom is -0.495 e. The van der Waals surface area contributed by atoms with Crippen molar-refractivity contribution in [2.75, 3.05) is 27.7 Å². The number of hydrogen-bond acceptors (Lipinski definition) is 4. The molecule has 0 saturated heterocycles. The van der Waals surface area contributed by atoms with E-state index in [0.717, 1.165) is 5.56 Å².